The van der Waals surface area contributed by atoms with Gasteiger partial charge in [-0.05, 0) is 30.7 Å². The number of nitrogens with one attached hydrogen (secondary N) is 1. The zero-order chi connectivity index (χ0) is 12.6. The lowest BCUT2D eigenvalue weighted by atomic mass is 10.1. The van der Waals surface area contributed by atoms with Crippen molar-refractivity contribution in [3.8, 4) is 5.75 Å². The van der Waals surface area contributed by atoms with E-state index in [4.69, 9.17) is 7.05 Å². The Balaban J connectivity index is 2.38. The molecule has 0 fully saturated rings. The summed E-state index contributed by atoms with van der Waals surface area (Å²) in [4.78, 5) is 3.33. The molecular formula is C14H19N2O+. The van der Waals surface area contributed by atoms with Crippen LogP contribution in [0.3, 0.4) is 0 Å². The van der Waals surface area contributed by atoms with Gasteiger partial charge in [0.1, 0.15) is 5.75 Å². The summed E-state index contributed by atoms with van der Waals surface area (Å²) >= 11 is 0. The first kappa shape index (κ1) is 12.0. The first-order chi connectivity index (χ1) is 7.87. The topological polar surface area (TPSA) is 36.0 Å². The molecule has 1 heterocycles. The van der Waals surface area contributed by atoms with Crippen LogP contribution in [0.1, 0.15) is 11.3 Å². The van der Waals surface area contributed by atoms with E-state index in [1.54, 1.807) is 6.07 Å². The van der Waals surface area contributed by atoms with Crippen LogP contribution in [0, 0.1) is 14.0 Å². The predicted octanol–water partition coefficient (Wildman–Crippen LogP) is 2.47. The third-order valence-corrected chi connectivity index (χ3v) is 3.04. The minimum atomic E-state index is 0.305. The van der Waals surface area contributed by atoms with Crippen molar-refractivity contribution in [2.75, 3.05) is 20.6 Å². The third-order valence-electron chi connectivity index (χ3n) is 3.04. The zero-order valence-corrected chi connectivity index (χ0v) is 10.6. The highest BCUT2D eigenvalue weighted by Gasteiger charge is 2.14. The zero-order valence-electron chi connectivity index (χ0n) is 10.6. The summed E-state index contributed by atoms with van der Waals surface area (Å²) in [6, 6.07) is 5.42. The lowest BCUT2D eigenvalue weighted by molar-refractivity contribution is -0.845. The van der Waals surface area contributed by atoms with Gasteiger partial charge in [-0.25, -0.2) is 0 Å². The van der Waals surface area contributed by atoms with Gasteiger partial charge in [-0.2, -0.15) is 0 Å². The van der Waals surface area contributed by atoms with E-state index in [0.29, 0.717) is 10.2 Å². The maximum Gasteiger partial charge on any atom is 0.206 e. The molecule has 0 amide bonds. The summed E-state index contributed by atoms with van der Waals surface area (Å²) in [5, 5.41) is 10.6. The fourth-order valence-corrected chi connectivity index (χ4v) is 2.09. The maximum atomic E-state index is 9.55. The number of fused-ring (bicyclic) bond motifs is 1. The molecule has 1 aromatic heterocycles. The van der Waals surface area contributed by atoms with Crippen molar-refractivity contribution in [3.05, 3.63) is 36.5 Å². The van der Waals surface area contributed by atoms with Crippen molar-refractivity contribution in [2.24, 2.45) is 0 Å². The van der Waals surface area contributed by atoms with E-state index >= 15 is 0 Å². The second kappa shape index (κ2) is 4.08. The van der Waals surface area contributed by atoms with Crippen molar-refractivity contribution in [1.29, 1.82) is 0 Å². The van der Waals surface area contributed by atoms with Gasteiger partial charge in [0.15, 0.2) is 0 Å². The Labute approximate surface area is 102 Å². The summed E-state index contributed by atoms with van der Waals surface area (Å²) in [5.74, 6) is 0.305. The van der Waals surface area contributed by atoms with Crippen molar-refractivity contribution < 1.29 is 9.59 Å². The molecule has 3 heteroatoms. The van der Waals surface area contributed by atoms with Gasteiger partial charge in [0, 0.05) is 23.0 Å². The average molecular weight is 231 g/mol. The van der Waals surface area contributed by atoms with E-state index in [-0.39, 0.29) is 0 Å². The molecule has 0 atom stereocenters. The number of likely N-dealkylation sites (N-methyl/N-ethyl adjacent to an activating group) is 1. The van der Waals surface area contributed by atoms with Crippen molar-refractivity contribution in [3.63, 3.8) is 0 Å². The van der Waals surface area contributed by atoms with Crippen LogP contribution in [0.2, 0.25) is 0 Å². The Bertz CT molecular complexity index is 535. The number of aromatic amines is 1. The van der Waals surface area contributed by atoms with E-state index in [0.717, 1.165) is 29.6 Å². The molecule has 17 heavy (non-hydrogen) atoms. The number of quaternary nitrogens is 1. The summed E-state index contributed by atoms with van der Waals surface area (Å²) < 4.78 is 0.449. The molecule has 1 aromatic carbocycles. The third kappa shape index (κ3) is 2.61. The largest absolute Gasteiger partial charge is 0.508 e. The molecule has 2 N–H and O–H groups in total. The molecular weight excluding hydrogens is 212 g/mol. The monoisotopic (exact) mass is 231 g/mol. The van der Waals surface area contributed by atoms with Gasteiger partial charge in [-0.1, -0.05) is 0 Å². The molecule has 0 aliphatic carbocycles. The lowest BCUT2D eigenvalue weighted by Crippen LogP contribution is -2.33. The molecule has 2 aromatic rings. The number of H-pyrrole nitrogens is 1. The average Bonchev–Trinajstić information content (AvgIpc) is 2.49. The van der Waals surface area contributed by atoms with Crippen LogP contribution >= 0.6 is 0 Å². The molecule has 0 bridgehead atoms. The van der Waals surface area contributed by atoms with E-state index in [9.17, 15) is 5.11 Å². The van der Waals surface area contributed by atoms with E-state index in [1.807, 2.05) is 26.2 Å². The number of benzene rings is 1. The highest BCUT2D eigenvalue weighted by atomic mass is 16.3. The Hall–Kier alpha value is -1.48. The van der Waals surface area contributed by atoms with Crippen molar-refractivity contribution >= 4 is 10.9 Å². The first-order valence-electron chi connectivity index (χ1n) is 5.78. The summed E-state index contributed by atoms with van der Waals surface area (Å²) in [6.45, 7) is 2.92. The highest BCUT2D eigenvalue weighted by Crippen LogP contribution is 2.26. The van der Waals surface area contributed by atoms with Crippen LogP contribution in [0.15, 0.2) is 18.2 Å². The van der Waals surface area contributed by atoms with Crippen molar-refractivity contribution in [2.45, 2.75) is 13.3 Å². The van der Waals surface area contributed by atoms with Crippen LogP contribution in [0.5, 0.6) is 5.75 Å². The molecule has 3 nitrogen and oxygen atoms in total. The number of rotatable bonds is 3. The predicted molar refractivity (Wildman–Crippen MR) is 69.7 cm³/mol. The van der Waals surface area contributed by atoms with Gasteiger partial charge >= 0.3 is 0 Å². The molecule has 2 rings (SSSR count). The second-order valence-electron chi connectivity index (χ2n) is 5.21. The number of hydrogen-bond acceptors (Lipinski definition) is 1. The first-order valence-corrected chi connectivity index (χ1v) is 5.78. The molecule has 0 aliphatic rings. The Kier molecular flexibility index (Phi) is 2.87. The van der Waals surface area contributed by atoms with Gasteiger partial charge in [-0.3, -0.25) is 0 Å². The quantitative estimate of drug-likeness (QED) is 0.782. The number of phenolic OH excluding ortho intramolecular Hbond substituents is 1. The number of nitrogens with zero attached hydrogens (tertiary/aromatic N) is 1. The molecule has 0 spiro atoms. The SMILES string of the molecule is [CH][N+](C)(C)CCc1c(C)[nH]c2ccc(O)cc12. The van der Waals surface area contributed by atoms with E-state index < -0.39 is 0 Å². The molecule has 2 radical (unpaired) electrons. The molecule has 90 valence electrons. The minimum Gasteiger partial charge on any atom is -0.508 e. The van der Waals surface area contributed by atoms with Gasteiger partial charge in [-0.15, -0.1) is 0 Å². The fourth-order valence-electron chi connectivity index (χ4n) is 2.09. The normalized spacial score (nSPS) is 12.2. The van der Waals surface area contributed by atoms with Gasteiger partial charge in [0.25, 0.3) is 0 Å². The Morgan fingerprint density at radius 3 is 2.71 bits per heavy atom. The van der Waals surface area contributed by atoms with E-state index in [1.165, 1.54) is 5.56 Å². The van der Waals surface area contributed by atoms with Crippen LogP contribution in [-0.2, 0) is 6.42 Å². The van der Waals surface area contributed by atoms with Crippen LogP contribution in [0.25, 0.3) is 10.9 Å². The molecule has 0 saturated carbocycles. The minimum absolute atomic E-state index is 0.305. The Morgan fingerprint density at radius 1 is 1.35 bits per heavy atom. The van der Waals surface area contributed by atoms with Gasteiger partial charge < -0.3 is 14.6 Å². The molecule has 0 saturated heterocycles. The van der Waals surface area contributed by atoms with Crippen molar-refractivity contribution in [1.82, 2.24) is 4.98 Å². The number of aromatic nitrogens is 1. The van der Waals surface area contributed by atoms with Crippen LogP contribution in [0.4, 0.5) is 0 Å². The van der Waals surface area contributed by atoms with Crippen LogP contribution < -0.4 is 0 Å². The Morgan fingerprint density at radius 2 is 2.06 bits per heavy atom. The molecule has 0 aliphatic heterocycles. The fraction of sp³-hybridized carbons (Fsp3) is 0.357. The number of phenols is 1. The number of hydrogen-bond donors (Lipinski definition) is 2. The van der Waals surface area contributed by atoms with Gasteiger partial charge in [0.2, 0.25) is 7.05 Å². The number of aryl methyl sites for hydroxylation is 1. The number of aromatic hydroxyl groups is 1. The van der Waals surface area contributed by atoms with Gasteiger partial charge in [0.05, 0.1) is 20.6 Å². The summed E-state index contributed by atoms with van der Waals surface area (Å²) in [6.07, 6.45) is 0.902. The lowest BCUT2D eigenvalue weighted by Gasteiger charge is -2.22. The highest BCUT2D eigenvalue weighted by molar-refractivity contribution is 5.85. The van der Waals surface area contributed by atoms with E-state index in [2.05, 4.69) is 11.9 Å². The maximum absolute atomic E-state index is 9.55. The van der Waals surface area contributed by atoms with Crippen LogP contribution in [-0.4, -0.2) is 35.2 Å². The summed E-state index contributed by atoms with van der Waals surface area (Å²) in [5.41, 5.74) is 3.46. The molecule has 0 unspecified atom stereocenters. The standard InChI is InChI=1S/C14H19N2O/c1-10-12(7-8-16(2,3)4)13-9-11(17)5-6-14(13)15-10/h2,5-6,9,15,17H,7-8H2,1,3-4H3/q+1. The smallest absolute Gasteiger partial charge is 0.206 e. The summed E-state index contributed by atoms with van der Waals surface area (Å²) in [7, 11) is 9.90. The second-order valence-corrected chi connectivity index (χ2v) is 5.21.